The molecule has 1 heterocycles. The summed E-state index contributed by atoms with van der Waals surface area (Å²) in [5.74, 6) is 0.656. The Morgan fingerprint density at radius 2 is 1.39 bits per heavy atom. The third-order valence-electron chi connectivity index (χ3n) is 4.43. The molecular weight excluding hydrogens is 288 g/mol. The van der Waals surface area contributed by atoms with Gasteiger partial charge in [0.25, 0.3) is 0 Å². The maximum Gasteiger partial charge on any atom is 0.0916 e. The first-order valence-corrected chi connectivity index (χ1v) is 8.83. The van der Waals surface area contributed by atoms with Crippen LogP contribution in [0.2, 0.25) is 0 Å². The van der Waals surface area contributed by atoms with Crippen LogP contribution in [0.25, 0.3) is 0 Å². The molecule has 0 aliphatic carbocycles. The molecule has 1 aliphatic rings. The summed E-state index contributed by atoms with van der Waals surface area (Å²) in [6, 6.07) is 8.40. The molecule has 1 saturated heterocycles. The molecule has 1 fully saturated rings. The Bertz CT molecular complexity index is 451. The van der Waals surface area contributed by atoms with E-state index in [1.165, 1.54) is 5.56 Å². The Labute approximate surface area is 140 Å². The van der Waals surface area contributed by atoms with E-state index in [-0.39, 0.29) is 6.10 Å². The molecule has 2 atom stereocenters. The van der Waals surface area contributed by atoms with Crippen LogP contribution in [-0.4, -0.2) is 65.4 Å². The molecule has 0 unspecified atom stereocenters. The van der Waals surface area contributed by atoms with Crippen LogP contribution in [0, 0.1) is 5.92 Å². The summed E-state index contributed by atoms with van der Waals surface area (Å²) < 4.78 is 0. The number of aliphatic hydroxyl groups is 2. The van der Waals surface area contributed by atoms with Crippen LogP contribution in [0.4, 0.5) is 0 Å². The van der Waals surface area contributed by atoms with E-state index < -0.39 is 6.10 Å². The molecule has 2 rings (SSSR count). The molecule has 0 saturated carbocycles. The number of hydrogen-bond acceptors (Lipinski definition) is 4. The minimum Gasteiger partial charge on any atom is -0.392 e. The second-order valence-corrected chi connectivity index (χ2v) is 7.31. The predicted molar refractivity (Wildman–Crippen MR) is 94.5 cm³/mol. The van der Waals surface area contributed by atoms with Crippen LogP contribution in [0.5, 0.6) is 0 Å². The number of piperazine rings is 1. The van der Waals surface area contributed by atoms with Crippen molar-refractivity contribution in [2.75, 3.05) is 39.3 Å². The van der Waals surface area contributed by atoms with Gasteiger partial charge in [-0.2, -0.15) is 0 Å². The van der Waals surface area contributed by atoms with E-state index in [4.69, 9.17) is 0 Å². The number of benzene rings is 1. The molecular formula is C19H32N2O2. The average Bonchev–Trinajstić information content (AvgIpc) is 2.49. The molecule has 0 amide bonds. The zero-order valence-corrected chi connectivity index (χ0v) is 14.8. The van der Waals surface area contributed by atoms with Crippen LogP contribution < -0.4 is 0 Å². The summed E-state index contributed by atoms with van der Waals surface area (Å²) in [5, 5.41) is 19.9. The fourth-order valence-corrected chi connectivity index (χ4v) is 3.23. The van der Waals surface area contributed by atoms with Crippen molar-refractivity contribution in [1.29, 1.82) is 0 Å². The first-order chi connectivity index (χ1) is 10.9. The van der Waals surface area contributed by atoms with Crippen molar-refractivity contribution in [3.63, 3.8) is 0 Å². The molecule has 0 radical (unpaired) electrons. The van der Waals surface area contributed by atoms with Gasteiger partial charge >= 0.3 is 0 Å². The van der Waals surface area contributed by atoms with Crippen molar-refractivity contribution in [1.82, 2.24) is 9.80 Å². The highest BCUT2D eigenvalue weighted by Crippen LogP contribution is 2.17. The second kappa shape index (κ2) is 8.78. The van der Waals surface area contributed by atoms with Gasteiger partial charge in [0, 0.05) is 39.3 Å². The number of β-amino-alcohol motifs (C(OH)–C–C–N with tert-alkyl or cyclic N) is 2. The highest BCUT2D eigenvalue weighted by atomic mass is 16.3. The van der Waals surface area contributed by atoms with Crippen LogP contribution in [0.1, 0.15) is 38.0 Å². The van der Waals surface area contributed by atoms with Crippen LogP contribution in [0.3, 0.4) is 0 Å². The summed E-state index contributed by atoms with van der Waals surface area (Å²) in [6.07, 6.45) is 0.393. The lowest BCUT2D eigenvalue weighted by Gasteiger charge is -2.36. The molecule has 0 bridgehead atoms. The molecule has 1 aliphatic heterocycles. The van der Waals surface area contributed by atoms with Crippen LogP contribution >= 0.6 is 0 Å². The Morgan fingerprint density at radius 1 is 0.870 bits per heavy atom. The summed E-state index contributed by atoms with van der Waals surface area (Å²) in [7, 11) is 0. The highest BCUT2D eigenvalue weighted by Gasteiger charge is 2.20. The number of aliphatic hydroxyl groups excluding tert-OH is 2. The van der Waals surface area contributed by atoms with E-state index in [1.54, 1.807) is 0 Å². The number of hydrogen-bond donors (Lipinski definition) is 2. The van der Waals surface area contributed by atoms with Gasteiger partial charge < -0.3 is 10.2 Å². The van der Waals surface area contributed by atoms with Gasteiger partial charge in [-0.25, -0.2) is 0 Å². The van der Waals surface area contributed by atoms with Crippen LogP contribution in [0.15, 0.2) is 24.3 Å². The topological polar surface area (TPSA) is 46.9 Å². The van der Waals surface area contributed by atoms with Gasteiger partial charge in [-0.3, -0.25) is 9.80 Å². The highest BCUT2D eigenvalue weighted by molar-refractivity contribution is 5.24. The first-order valence-electron chi connectivity index (χ1n) is 8.83. The van der Waals surface area contributed by atoms with E-state index in [0.29, 0.717) is 12.5 Å². The molecule has 2 N–H and O–H groups in total. The Kier molecular flexibility index (Phi) is 7.03. The standard InChI is InChI=1S/C19H32N2O2/c1-15(2)12-17-4-6-18(7-5-17)19(23)14-21-10-8-20(9-11-21)13-16(3)22/h4-7,15-16,19,22-23H,8-14H2,1-3H3/t16-,19-/m1/s1. The summed E-state index contributed by atoms with van der Waals surface area (Å²) in [5.41, 5.74) is 2.34. The quantitative estimate of drug-likeness (QED) is 0.806. The van der Waals surface area contributed by atoms with E-state index >= 15 is 0 Å². The van der Waals surface area contributed by atoms with E-state index in [2.05, 4.69) is 47.9 Å². The normalized spacial score (nSPS) is 19.9. The van der Waals surface area contributed by atoms with Gasteiger partial charge in [0.15, 0.2) is 0 Å². The van der Waals surface area contributed by atoms with Crippen molar-refractivity contribution < 1.29 is 10.2 Å². The van der Waals surface area contributed by atoms with Gasteiger partial charge in [0.05, 0.1) is 12.2 Å². The summed E-state index contributed by atoms with van der Waals surface area (Å²) >= 11 is 0. The maximum atomic E-state index is 10.5. The minimum atomic E-state index is -0.425. The van der Waals surface area contributed by atoms with Crippen molar-refractivity contribution in [3.05, 3.63) is 35.4 Å². The third-order valence-corrected chi connectivity index (χ3v) is 4.43. The van der Waals surface area contributed by atoms with Gasteiger partial charge in [-0.1, -0.05) is 38.1 Å². The molecule has 4 heteroatoms. The molecule has 1 aromatic rings. The SMILES string of the molecule is CC(C)Cc1ccc([C@H](O)CN2CCN(C[C@@H](C)O)CC2)cc1. The van der Waals surface area contributed by atoms with E-state index in [0.717, 1.165) is 44.7 Å². The predicted octanol–water partition coefficient (Wildman–Crippen LogP) is 1.92. The summed E-state index contributed by atoms with van der Waals surface area (Å²) in [4.78, 5) is 4.60. The fourth-order valence-electron chi connectivity index (χ4n) is 3.23. The monoisotopic (exact) mass is 320 g/mol. The first kappa shape index (κ1) is 18.4. The molecule has 4 nitrogen and oxygen atoms in total. The van der Waals surface area contributed by atoms with Gasteiger partial charge in [-0.15, -0.1) is 0 Å². The molecule has 130 valence electrons. The Morgan fingerprint density at radius 3 is 1.87 bits per heavy atom. The molecule has 23 heavy (non-hydrogen) atoms. The van der Waals surface area contributed by atoms with Crippen LogP contribution in [-0.2, 0) is 6.42 Å². The zero-order valence-electron chi connectivity index (χ0n) is 14.8. The lowest BCUT2D eigenvalue weighted by molar-refractivity contribution is 0.0526. The van der Waals surface area contributed by atoms with Crippen molar-refractivity contribution in [2.24, 2.45) is 5.92 Å². The maximum absolute atomic E-state index is 10.5. The lowest BCUT2D eigenvalue weighted by atomic mass is 10.00. The largest absolute Gasteiger partial charge is 0.392 e. The lowest BCUT2D eigenvalue weighted by Crippen LogP contribution is -2.49. The third kappa shape index (κ3) is 6.22. The molecule has 0 spiro atoms. The zero-order chi connectivity index (χ0) is 16.8. The van der Waals surface area contributed by atoms with Gasteiger partial charge in [-0.05, 0) is 30.4 Å². The van der Waals surface area contributed by atoms with Gasteiger partial charge in [0.2, 0.25) is 0 Å². The number of nitrogens with zero attached hydrogens (tertiary/aromatic N) is 2. The molecule has 1 aromatic carbocycles. The second-order valence-electron chi connectivity index (χ2n) is 7.31. The minimum absolute atomic E-state index is 0.267. The fraction of sp³-hybridized carbons (Fsp3) is 0.684. The smallest absolute Gasteiger partial charge is 0.0916 e. The van der Waals surface area contributed by atoms with E-state index in [9.17, 15) is 10.2 Å². The van der Waals surface area contributed by atoms with Crippen molar-refractivity contribution in [2.45, 2.75) is 39.4 Å². The average molecular weight is 320 g/mol. The summed E-state index contributed by atoms with van der Waals surface area (Å²) in [6.45, 7) is 11.5. The number of rotatable bonds is 7. The van der Waals surface area contributed by atoms with E-state index in [1.807, 2.05) is 6.92 Å². The Balaban J connectivity index is 1.79. The Hall–Kier alpha value is -0.940. The molecule has 0 aromatic heterocycles. The van der Waals surface area contributed by atoms with Crippen molar-refractivity contribution >= 4 is 0 Å². The van der Waals surface area contributed by atoms with Gasteiger partial charge in [0.1, 0.15) is 0 Å². The van der Waals surface area contributed by atoms with Crippen molar-refractivity contribution in [3.8, 4) is 0 Å².